The molecule has 0 atom stereocenters. The first-order valence-corrected chi connectivity index (χ1v) is 6.88. The molecule has 0 saturated carbocycles. The molecule has 0 fully saturated rings. The van der Waals surface area contributed by atoms with Crippen LogP contribution in [0.2, 0.25) is 0 Å². The minimum absolute atomic E-state index is 0.151. The summed E-state index contributed by atoms with van der Waals surface area (Å²) in [4.78, 5) is 9.99. The second-order valence-corrected chi connectivity index (χ2v) is 6.72. The molecule has 3 nitrogen and oxygen atoms in total. The Bertz CT molecular complexity index is 509. The Balaban J connectivity index is 1.98. The van der Waals surface area contributed by atoms with Crippen LogP contribution in [0, 0.1) is 6.92 Å². The number of pyridine rings is 1. The minimum Gasteiger partial charge on any atom is -0.364 e. The van der Waals surface area contributed by atoms with Crippen molar-refractivity contribution in [2.45, 2.75) is 39.7 Å². The van der Waals surface area contributed by atoms with Gasteiger partial charge in [0.1, 0.15) is 10.8 Å². The van der Waals surface area contributed by atoms with E-state index in [1.54, 1.807) is 11.3 Å². The van der Waals surface area contributed by atoms with E-state index in [2.05, 4.69) is 49.0 Å². The number of hydrogen-bond donors (Lipinski definition) is 1. The molecule has 2 heterocycles. The number of nitrogens with one attached hydrogen (secondary N) is 1. The number of aryl methyl sites for hydroxylation is 1. The topological polar surface area (TPSA) is 37.8 Å². The van der Waals surface area contributed by atoms with E-state index in [1.165, 1.54) is 10.4 Å². The molecule has 0 unspecified atom stereocenters. The second kappa shape index (κ2) is 5.06. The van der Waals surface area contributed by atoms with Gasteiger partial charge >= 0.3 is 0 Å². The third-order valence-electron chi connectivity index (χ3n) is 2.72. The van der Waals surface area contributed by atoms with Crippen molar-refractivity contribution in [2.75, 3.05) is 5.32 Å². The lowest BCUT2D eigenvalue weighted by Gasteiger charge is -2.18. The van der Waals surface area contributed by atoms with Crippen LogP contribution < -0.4 is 5.32 Å². The van der Waals surface area contributed by atoms with E-state index in [-0.39, 0.29) is 5.41 Å². The average molecular weight is 261 g/mol. The summed E-state index contributed by atoms with van der Waals surface area (Å²) in [6.45, 7) is 9.37. The van der Waals surface area contributed by atoms with Crippen LogP contribution in [0.5, 0.6) is 0 Å². The fourth-order valence-corrected chi connectivity index (χ4v) is 2.32. The van der Waals surface area contributed by atoms with Crippen LogP contribution in [-0.4, -0.2) is 9.97 Å². The standard InChI is InChI=1S/C14H19N3S/c1-10-7-17-13(18-10)9-16-12-6-5-11(8-15-12)14(2,3)4/h5-8H,9H2,1-4H3,(H,15,16). The summed E-state index contributed by atoms with van der Waals surface area (Å²) in [7, 11) is 0. The van der Waals surface area contributed by atoms with E-state index < -0.39 is 0 Å². The van der Waals surface area contributed by atoms with E-state index in [9.17, 15) is 0 Å². The summed E-state index contributed by atoms with van der Waals surface area (Å²) >= 11 is 1.71. The quantitative estimate of drug-likeness (QED) is 0.914. The minimum atomic E-state index is 0.151. The van der Waals surface area contributed by atoms with Crippen molar-refractivity contribution in [1.29, 1.82) is 0 Å². The Morgan fingerprint density at radius 1 is 1.17 bits per heavy atom. The molecule has 2 aromatic rings. The largest absolute Gasteiger partial charge is 0.364 e. The van der Waals surface area contributed by atoms with Crippen LogP contribution in [0.15, 0.2) is 24.5 Å². The molecule has 96 valence electrons. The highest BCUT2D eigenvalue weighted by atomic mass is 32.1. The second-order valence-electron chi connectivity index (χ2n) is 5.40. The number of anilines is 1. The van der Waals surface area contributed by atoms with Crippen molar-refractivity contribution in [3.8, 4) is 0 Å². The summed E-state index contributed by atoms with van der Waals surface area (Å²) in [5.74, 6) is 0.899. The van der Waals surface area contributed by atoms with Crippen molar-refractivity contribution in [2.24, 2.45) is 0 Å². The molecular weight excluding hydrogens is 242 g/mol. The normalized spacial score (nSPS) is 11.6. The average Bonchev–Trinajstić information content (AvgIpc) is 2.72. The van der Waals surface area contributed by atoms with Gasteiger partial charge in [0, 0.05) is 17.3 Å². The number of thiazole rings is 1. The zero-order chi connectivity index (χ0) is 13.2. The van der Waals surface area contributed by atoms with Gasteiger partial charge in [-0.05, 0) is 24.0 Å². The van der Waals surface area contributed by atoms with Gasteiger partial charge in [-0.3, -0.25) is 0 Å². The number of nitrogens with zero attached hydrogens (tertiary/aromatic N) is 2. The van der Waals surface area contributed by atoms with Gasteiger partial charge in [-0.1, -0.05) is 26.8 Å². The van der Waals surface area contributed by atoms with E-state index in [0.717, 1.165) is 17.4 Å². The van der Waals surface area contributed by atoms with E-state index in [1.807, 2.05) is 18.5 Å². The van der Waals surface area contributed by atoms with E-state index in [4.69, 9.17) is 0 Å². The highest BCUT2D eigenvalue weighted by Crippen LogP contribution is 2.22. The summed E-state index contributed by atoms with van der Waals surface area (Å²) in [6, 6.07) is 4.16. The van der Waals surface area contributed by atoms with E-state index >= 15 is 0 Å². The van der Waals surface area contributed by atoms with Crippen molar-refractivity contribution < 1.29 is 0 Å². The Morgan fingerprint density at radius 3 is 2.44 bits per heavy atom. The number of rotatable bonds is 3. The fraction of sp³-hybridized carbons (Fsp3) is 0.429. The number of hydrogen-bond acceptors (Lipinski definition) is 4. The van der Waals surface area contributed by atoms with Gasteiger partial charge in [-0.15, -0.1) is 11.3 Å². The summed E-state index contributed by atoms with van der Waals surface area (Å²) < 4.78 is 0. The van der Waals surface area contributed by atoms with Crippen LogP contribution in [0.3, 0.4) is 0 Å². The maximum Gasteiger partial charge on any atom is 0.126 e. The molecule has 0 aliphatic carbocycles. The van der Waals surface area contributed by atoms with Crippen LogP contribution in [0.25, 0.3) is 0 Å². The third kappa shape index (κ3) is 3.29. The molecule has 0 radical (unpaired) electrons. The molecule has 0 spiro atoms. The van der Waals surface area contributed by atoms with Gasteiger partial charge in [0.05, 0.1) is 6.54 Å². The molecule has 2 rings (SSSR count). The molecule has 0 aliphatic heterocycles. The smallest absolute Gasteiger partial charge is 0.126 e. The zero-order valence-corrected chi connectivity index (χ0v) is 12.1. The zero-order valence-electron chi connectivity index (χ0n) is 11.3. The third-order valence-corrected chi connectivity index (χ3v) is 3.63. The molecule has 0 amide bonds. The maximum absolute atomic E-state index is 4.43. The first kappa shape index (κ1) is 13.0. The van der Waals surface area contributed by atoms with Gasteiger partial charge in [-0.2, -0.15) is 0 Å². The van der Waals surface area contributed by atoms with Gasteiger partial charge in [0.15, 0.2) is 0 Å². The van der Waals surface area contributed by atoms with Gasteiger partial charge in [-0.25, -0.2) is 9.97 Å². The first-order chi connectivity index (χ1) is 8.45. The highest BCUT2D eigenvalue weighted by Gasteiger charge is 2.13. The first-order valence-electron chi connectivity index (χ1n) is 6.07. The molecule has 0 aromatic carbocycles. The summed E-state index contributed by atoms with van der Waals surface area (Å²) in [6.07, 6.45) is 3.84. The molecule has 0 saturated heterocycles. The molecule has 2 aromatic heterocycles. The molecule has 0 aliphatic rings. The molecule has 0 bridgehead atoms. The Hall–Kier alpha value is -1.42. The van der Waals surface area contributed by atoms with Gasteiger partial charge < -0.3 is 5.32 Å². The summed E-state index contributed by atoms with van der Waals surface area (Å²) in [5.41, 5.74) is 1.40. The Morgan fingerprint density at radius 2 is 1.94 bits per heavy atom. The van der Waals surface area contributed by atoms with Crippen molar-refractivity contribution in [3.63, 3.8) is 0 Å². The predicted octanol–water partition coefficient (Wildman–Crippen LogP) is 3.76. The van der Waals surface area contributed by atoms with Crippen molar-refractivity contribution >= 4 is 17.2 Å². The maximum atomic E-state index is 4.43. The van der Waals surface area contributed by atoms with Crippen LogP contribution in [-0.2, 0) is 12.0 Å². The van der Waals surface area contributed by atoms with Crippen LogP contribution in [0.1, 0.15) is 36.2 Å². The number of aromatic nitrogens is 2. The van der Waals surface area contributed by atoms with Crippen LogP contribution >= 0.6 is 11.3 Å². The predicted molar refractivity (Wildman–Crippen MR) is 77.1 cm³/mol. The van der Waals surface area contributed by atoms with Crippen molar-refractivity contribution in [1.82, 2.24) is 9.97 Å². The van der Waals surface area contributed by atoms with Gasteiger partial charge in [0.2, 0.25) is 0 Å². The molecule has 4 heteroatoms. The fourth-order valence-electron chi connectivity index (χ4n) is 1.59. The Kier molecular flexibility index (Phi) is 3.66. The van der Waals surface area contributed by atoms with E-state index in [0.29, 0.717) is 0 Å². The van der Waals surface area contributed by atoms with Crippen molar-refractivity contribution in [3.05, 3.63) is 40.0 Å². The monoisotopic (exact) mass is 261 g/mol. The SMILES string of the molecule is Cc1cnc(CNc2ccc(C(C)(C)C)cn2)s1. The molecular formula is C14H19N3S. The van der Waals surface area contributed by atoms with Crippen LogP contribution in [0.4, 0.5) is 5.82 Å². The Labute approximate surface area is 112 Å². The summed E-state index contributed by atoms with van der Waals surface area (Å²) in [5, 5.41) is 4.38. The highest BCUT2D eigenvalue weighted by molar-refractivity contribution is 7.11. The molecule has 1 N–H and O–H groups in total. The molecule has 18 heavy (non-hydrogen) atoms. The van der Waals surface area contributed by atoms with Gasteiger partial charge in [0.25, 0.3) is 0 Å². The lowest BCUT2D eigenvalue weighted by Crippen LogP contribution is -2.11. The lowest BCUT2D eigenvalue weighted by molar-refractivity contribution is 0.587. The lowest BCUT2D eigenvalue weighted by atomic mass is 9.88.